The van der Waals surface area contributed by atoms with Crippen molar-refractivity contribution in [1.29, 1.82) is 0 Å². The van der Waals surface area contributed by atoms with Crippen molar-refractivity contribution in [2.45, 2.75) is 44.8 Å². The monoisotopic (exact) mass is 233 g/mol. The summed E-state index contributed by atoms with van der Waals surface area (Å²) in [7, 11) is 0. The first-order chi connectivity index (χ1) is 8.40. The quantitative estimate of drug-likeness (QED) is 0.816. The van der Waals surface area contributed by atoms with Crippen LogP contribution >= 0.6 is 0 Å². The lowest BCUT2D eigenvalue weighted by atomic mass is 9.99. The SMILES string of the molecule is CCCN[C@H](Cc1ccccc1)[C@@H]1CCCO1. The van der Waals surface area contributed by atoms with E-state index in [9.17, 15) is 0 Å². The van der Waals surface area contributed by atoms with Gasteiger partial charge in [0.2, 0.25) is 0 Å². The molecule has 1 aliphatic rings. The maximum atomic E-state index is 5.82. The van der Waals surface area contributed by atoms with Gasteiger partial charge in [0.1, 0.15) is 0 Å². The normalized spacial score (nSPS) is 21.6. The van der Waals surface area contributed by atoms with Crippen LogP contribution in [0.15, 0.2) is 30.3 Å². The molecule has 1 aromatic rings. The summed E-state index contributed by atoms with van der Waals surface area (Å²) < 4.78 is 5.82. The molecule has 0 saturated carbocycles. The molecule has 1 aliphatic heterocycles. The lowest BCUT2D eigenvalue weighted by Crippen LogP contribution is -2.41. The standard InChI is InChI=1S/C15H23NO/c1-2-10-16-14(15-9-6-11-17-15)12-13-7-4-3-5-8-13/h3-5,7-8,14-16H,2,6,9-12H2,1H3/t14-,15+/m1/s1. The van der Waals surface area contributed by atoms with Gasteiger partial charge in [-0.1, -0.05) is 37.3 Å². The van der Waals surface area contributed by atoms with E-state index in [1.165, 1.54) is 24.8 Å². The van der Waals surface area contributed by atoms with Gasteiger partial charge in [-0.15, -0.1) is 0 Å². The molecule has 0 spiro atoms. The molecule has 0 amide bonds. The van der Waals surface area contributed by atoms with Crippen molar-refractivity contribution in [2.75, 3.05) is 13.2 Å². The fourth-order valence-corrected chi connectivity index (χ4v) is 2.45. The maximum Gasteiger partial charge on any atom is 0.0732 e. The molecule has 2 heteroatoms. The first kappa shape index (κ1) is 12.6. The van der Waals surface area contributed by atoms with Crippen LogP contribution in [0, 0.1) is 0 Å². The Bertz CT molecular complexity index is 306. The van der Waals surface area contributed by atoms with Crippen molar-refractivity contribution in [2.24, 2.45) is 0 Å². The van der Waals surface area contributed by atoms with E-state index in [0.717, 1.165) is 19.6 Å². The Balaban J connectivity index is 1.94. The van der Waals surface area contributed by atoms with Gasteiger partial charge in [-0.05, 0) is 37.8 Å². The largest absolute Gasteiger partial charge is 0.377 e. The van der Waals surface area contributed by atoms with E-state index in [4.69, 9.17) is 4.74 Å². The number of benzene rings is 1. The van der Waals surface area contributed by atoms with E-state index in [0.29, 0.717) is 12.1 Å². The Morgan fingerprint density at radius 2 is 2.18 bits per heavy atom. The second-order valence-corrected chi connectivity index (χ2v) is 4.80. The van der Waals surface area contributed by atoms with Crippen LogP contribution in [-0.4, -0.2) is 25.3 Å². The smallest absolute Gasteiger partial charge is 0.0732 e. The van der Waals surface area contributed by atoms with Gasteiger partial charge < -0.3 is 10.1 Å². The highest BCUT2D eigenvalue weighted by Gasteiger charge is 2.25. The van der Waals surface area contributed by atoms with E-state index < -0.39 is 0 Å². The summed E-state index contributed by atoms with van der Waals surface area (Å²) in [5.41, 5.74) is 1.40. The van der Waals surface area contributed by atoms with Crippen LogP contribution in [0.4, 0.5) is 0 Å². The summed E-state index contributed by atoms with van der Waals surface area (Å²) in [6, 6.07) is 11.2. The molecule has 1 aromatic carbocycles. The van der Waals surface area contributed by atoms with Crippen LogP contribution in [-0.2, 0) is 11.2 Å². The van der Waals surface area contributed by atoms with Gasteiger partial charge in [0, 0.05) is 12.6 Å². The van der Waals surface area contributed by atoms with E-state index in [-0.39, 0.29) is 0 Å². The van der Waals surface area contributed by atoms with Crippen LogP contribution in [0.3, 0.4) is 0 Å². The number of nitrogens with one attached hydrogen (secondary N) is 1. The van der Waals surface area contributed by atoms with Gasteiger partial charge in [-0.2, -0.15) is 0 Å². The minimum atomic E-state index is 0.404. The summed E-state index contributed by atoms with van der Waals surface area (Å²) in [4.78, 5) is 0. The molecule has 2 rings (SSSR count). The van der Waals surface area contributed by atoms with Gasteiger partial charge in [-0.25, -0.2) is 0 Å². The average Bonchev–Trinajstić information content (AvgIpc) is 2.89. The zero-order chi connectivity index (χ0) is 11.9. The molecule has 2 nitrogen and oxygen atoms in total. The van der Waals surface area contributed by atoms with Crippen LogP contribution in [0.2, 0.25) is 0 Å². The Morgan fingerprint density at radius 3 is 2.82 bits per heavy atom. The molecule has 0 aliphatic carbocycles. The van der Waals surface area contributed by atoms with E-state index in [1.807, 2.05) is 0 Å². The van der Waals surface area contributed by atoms with Gasteiger partial charge in [0.05, 0.1) is 6.10 Å². The molecule has 0 radical (unpaired) electrons. The molecule has 1 saturated heterocycles. The second kappa shape index (κ2) is 6.77. The number of hydrogen-bond donors (Lipinski definition) is 1. The average molecular weight is 233 g/mol. The summed E-state index contributed by atoms with van der Waals surface area (Å²) >= 11 is 0. The van der Waals surface area contributed by atoms with E-state index in [2.05, 4.69) is 42.6 Å². The third-order valence-electron chi connectivity index (χ3n) is 3.37. The third kappa shape index (κ3) is 3.83. The lowest BCUT2D eigenvalue weighted by molar-refractivity contribution is 0.0784. The fraction of sp³-hybridized carbons (Fsp3) is 0.600. The minimum Gasteiger partial charge on any atom is -0.377 e. The highest BCUT2D eigenvalue weighted by molar-refractivity contribution is 5.16. The molecular weight excluding hydrogens is 210 g/mol. The molecule has 0 bridgehead atoms. The Morgan fingerprint density at radius 1 is 1.35 bits per heavy atom. The van der Waals surface area contributed by atoms with Crippen molar-refractivity contribution in [3.05, 3.63) is 35.9 Å². The van der Waals surface area contributed by atoms with E-state index >= 15 is 0 Å². The highest BCUT2D eigenvalue weighted by atomic mass is 16.5. The molecule has 2 atom stereocenters. The van der Waals surface area contributed by atoms with Crippen molar-refractivity contribution in [3.63, 3.8) is 0 Å². The van der Waals surface area contributed by atoms with Crippen molar-refractivity contribution in [3.8, 4) is 0 Å². The number of hydrogen-bond acceptors (Lipinski definition) is 2. The first-order valence-electron chi connectivity index (χ1n) is 6.79. The van der Waals surface area contributed by atoms with Crippen molar-refractivity contribution < 1.29 is 4.74 Å². The Kier molecular flexibility index (Phi) is 5.02. The predicted octanol–water partition coefficient (Wildman–Crippen LogP) is 2.78. The molecule has 1 heterocycles. The summed E-state index contributed by atoms with van der Waals surface area (Å²) in [6.07, 6.45) is 5.07. The Labute approximate surface area is 104 Å². The first-order valence-corrected chi connectivity index (χ1v) is 6.79. The van der Waals surface area contributed by atoms with Crippen LogP contribution < -0.4 is 5.32 Å². The van der Waals surface area contributed by atoms with Crippen molar-refractivity contribution >= 4 is 0 Å². The van der Waals surface area contributed by atoms with Crippen molar-refractivity contribution in [1.82, 2.24) is 5.32 Å². The van der Waals surface area contributed by atoms with Gasteiger partial charge in [0.25, 0.3) is 0 Å². The van der Waals surface area contributed by atoms with Gasteiger partial charge >= 0.3 is 0 Å². The molecular formula is C15H23NO. The highest BCUT2D eigenvalue weighted by Crippen LogP contribution is 2.18. The zero-order valence-electron chi connectivity index (χ0n) is 10.7. The predicted molar refractivity (Wildman–Crippen MR) is 71.2 cm³/mol. The number of ether oxygens (including phenoxy) is 1. The summed E-state index contributed by atoms with van der Waals surface area (Å²) in [5, 5.41) is 3.63. The molecule has 1 fully saturated rings. The summed E-state index contributed by atoms with van der Waals surface area (Å²) in [6.45, 7) is 4.23. The summed E-state index contributed by atoms with van der Waals surface area (Å²) in [5.74, 6) is 0. The van der Waals surface area contributed by atoms with Crippen LogP contribution in [0.25, 0.3) is 0 Å². The third-order valence-corrected chi connectivity index (χ3v) is 3.37. The molecule has 0 unspecified atom stereocenters. The molecule has 94 valence electrons. The van der Waals surface area contributed by atoms with Gasteiger partial charge in [-0.3, -0.25) is 0 Å². The lowest BCUT2D eigenvalue weighted by Gasteiger charge is -2.24. The zero-order valence-corrected chi connectivity index (χ0v) is 10.7. The Hall–Kier alpha value is -0.860. The van der Waals surface area contributed by atoms with Gasteiger partial charge in [0.15, 0.2) is 0 Å². The molecule has 1 N–H and O–H groups in total. The maximum absolute atomic E-state index is 5.82. The number of rotatable bonds is 6. The van der Waals surface area contributed by atoms with Crippen LogP contribution in [0.5, 0.6) is 0 Å². The van der Waals surface area contributed by atoms with Crippen LogP contribution in [0.1, 0.15) is 31.7 Å². The topological polar surface area (TPSA) is 21.3 Å². The molecule has 17 heavy (non-hydrogen) atoms. The molecule has 0 aromatic heterocycles. The minimum absolute atomic E-state index is 0.404. The fourth-order valence-electron chi connectivity index (χ4n) is 2.45. The second-order valence-electron chi connectivity index (χ2n) is 4.80. The van der Waals surface area contributed by atoms with E-state index in [1.54, 1.807) is 0 Å².